The molecule has 2 aliphatic rings. The lowest BCUT2D eigenvalue weighted by atomic mass is 9.75. The van der Waals surface area contributed by atoms with Gasteiger partial charge in [-0.3, -0.25) is 24.6 Å². The molecule has 1 amide bonds. The van der Waals surface area contributed by atoms with Gasteiger partial charge in [0.1, 0.15) is 5.56 Å². The van der Waals surface area contributed by atoms with Crippen LogP contribution in [0.15, 0.2) is 16.2 Å². The van der Waals surface area contributed by atoms with E-state index in [0.717, 1.165) is 25.3 Å². The smallest absolute Gasteiger partial charge is 0.263 e. The van der Waals surface area contributed by atoms with Gasteiger partial charge >= 0.3 is 0 Å². The molecular weight excluding hydrogens is 388 g/mol. The van der Waals surface area contributed by atoms with Crippen LogP contribution < -0.4 is 10.9 Å². The Morgan fingerprint density at radius 1 is 1.24 bits per heavy atom. The number of nitrogens with one attached hydrogen (secondary N) is 2. The van der Waals surface area contributed by atoms with Crippen molar-refractivity contribution in [2.75, 3.05) is 18.4 Å². The number of thiazole rings is 1. The maximum atomic E-state index is 12.7. The van der Waals surface area contributed by atoms with E-state index in [4.69, 9.17) is 0 Å². The summed E-state index contributed by atoms with van der Waals surface area (Å²) in [6.45, 7) is 6.92. The van der Waals surface area contributed by atoms with Crippen LogP contribution in [-0.4, -0.2) is 39.6 Å². The molecule has 0 spiro atoms. The summed E-state index contributed by atoms with van der Waals surface area (Å²) in [5.74, 6) is -0.579. The molecule has 2 aromatic heterocycles. The van der Waals surface area contributed by atoms with Gasteiger partial charge in [-0.05, 0) is 43.8 Å². The summed E-state index contributed by atoms with van der Waals surface area (Å²) < 4.78 is 0. The van der Waals surface area contributed by atoms with E-state index < -0.39 is 11.5 Å². The van der Waals surface area contributed by atoms with Gasteiger partial charge in [-0.15, -0.1) is 11.3 Å². The maximum Gasteiger partial charge on any atom is 0.263 e. The SMILES string of the molecule is CC1(C)CC(=O)c2cc(C(=O)Nc3nc(CN4CCCCC4)cs3)c(=O)[nH]c2C1. The Kier molecular flexibility index (Phi) is 5.40. The van der Waals surface area contributed by atoms with Crippen molar-refractivity contribution < 1.29 is 9.59 Å². The van der Waals surface area contributed by atoms with Crippen LogP contribution in [0.1, 0.15) is 71.6 Å². The van der Waals surface area contributed by atoms with E-state index in [1.54, 1.807) is 0 Å². The first-order chi connectivity index (χ1) is 13.8. The number of rotatable bonds is 4. The number of pyridine rings is 1. The molecular formula is C21H26N4O3S. The molecule has 1 aliphatic heterocycles. The quantitative estimate of drug-likeness (QED) is 0.801. The fourth-order valence-electron chi connectivity index (χ4n) is 4.14. The molecule has 1 saturated heterocycles. The molecule has 0 saturated carbocycles. The number of Topliss-reactive ketones (excluding diaryl/α,β-unsaturated/α-hetero) is 1. The highest BCUT2D eigenvalue weighted by Crippen LogP contribution is 2.33. The lowest BCUT2D eigenvalue weighted by Crippen LogP contribution is -2.32. The van der Waals surface area contributed by atoms with Crippen molar-refractivity contribution in [3.8, 4) is 0 Å². The van der Waals surface area contributed by atoms with Gasteiger partial charge in [0.05, 0.1) is 5.69 Å². The monoisotopic (exact) mass is 414 g/mol. The summed E-state index contributed by atoms with van der Waals surface area (Å²) in [5, 5.41) is 5.12. The number of ketones is 1. The fraction of sp³-hybridized carbons (Fsp3) is 0.524. The van der Waals surface area contributed by atoms with Gasteiger partial charge in [0.2, 0.25) is 0 Å². The molecule has 7 nitrogen and oxygen atoms in total. The molecule has 154 valence electrons. The Morgan fingerprint density at radius 3 is 2.76 bits per heavy atom. The number of carbonyl (C=O) groups excluding carboxylic acids is 2. The van der Waals surface area contributed by atoms with Gasteiger partial charge in [-0.25, -0.2) is 4.98 Å². The summed E-state index contributed by atoms with van der Waals surface area (Å²) in [6.07, 6.45) is 4.72. The highest BCUT2D eigenvalue weighted by molar-refractivity contribution is 7.14. The number of amides is 1. The highest BCUT2D eigenvalue weighted by atomic mass is 32.1. The van der Waals surface area contributed by atoms with Crippen molar-refractivity contribution in [3.63, 3.8) is 0 Å². The molecule has 1 aliphatic carbocycles. The van der Waals surface area contributed by atoms with Gasteiger partial charge in [-0.2, -0.15) is 0 Å². The number of carbonyl (C=O) groups is 2. The van der Waals surface area contributed by atoms with Crippen LogP contribution in [0.2, 0.25) is 0 Å². The molecule has 8 heteroatoms. The normalized spacial score (nSPS) is 19.0. The van der Waals surface area contributed by atoms with Crippen LogP contribution in [0, 0.1) is 5.41 Å². The van der Waals surface area contributed by atoms with Gasteiger partial charge in [-0.1, -0.05) is 20.3 Å². The number of hydrogen-bond acceptors (Lipinski definition) is 6. The number of nitrogens with zero attached hydrogens (tertiary/aromatic N) is 2. The molecule has 1 fully saturated rings. The number of hydrogen-bond donors (Lipinski definition) is 2. The van der Waals surface area contributed by atoms with E-state index in [1.165, 1.54) is 36.7 Å². The van der Waals surface area contributed by atoms with Gasteiger partial charge < -0.3 is 4.98 Å². The zero-order valence-corrected chi connectivity index (χ0v) is 17.7. The first kappa shape index (κ1) is 20.0. The largest absolute Gasteiger partial charge is 0.325 e. The highest BCUT2D eigenvalue weighted by Gasteiger charge is 2.32. The summed E-state index contributed by atoms with van der Waals surface area (Å²) >= 11 is 1.35. The van der Waals surface area contributed by atoms with E-state index in [9.17, 15) is 14.4 Å². The molecule has 0 atom stereocenters. The molecule has 4 rings (SSSR count). The number of anilines is 1. The first-order valence-corrected chi connectivity index (χ1v) is 11.0. The summed E-state index contributed by atoms with van der Waals surface area (Å²) in [4.78, 5) is 47.2. The molecule has 0 aromatic carbocycles. The van der Waals surface area contributed by atoms with Crippen molar-refractivity contribution in [1.82, 2.24) is 14.9 Å². The zero-order chi connectivity index (χ0) is 20.6. The first-order valence-electron chi connectivity index (χ1n) is 10.1. The summed E-state index contributed by atoms with van der Waals surface area (Å²) in [7, 11) is 0. The topological polar surface area (TPSA) is 95.2 Å². The van der Waals surface area contributed by atoms with Crippen LogP contribution in [0.4, 0.5) is 5.13 Å². The average Bonchev–Trinajstić information content (AvgIpc) is 3.07. The van der Waals surface area contributed by atoms with Crippen LogP contribution in [0.3, 0.4) is 0 Å². The fourth-order valence-corrected chi connectivity index (χ4v) is 4.84. The van der Waals surface area contributed by atoms with Crippen LogP contribution in [0.25, 0.3) is 0 Å². The van der Waals surface area contributed by atoms with Crippen molar-refractivity contribution in [3.05, 3.63) is 44.3 Å². The van der Waals surface area contributed by atoms with E-state index in [-0.39, 0.29) is 16.8 Å². The van der Waals surface area contributed by atoms with E-state index in [2.05, 4.69) is 20.2 Å². The van der Waals surface area contributed by atoms with E-state index in [0.29, 0.717) is 29.2 Å². The van der Waals surface area contributed by atoms with Crippen LogP contribution in [-0.2, 0) is 13.0 Å². The van der Waals surface area contributed by atoms with Gasteiger partial charge in [0.15, 0.2) is 10.9 Å². The number of aromatic nitrogens is 2. The van der Waals surface area contributed by atoms with Crippen LogP contribution >= 0.6 is 11.3 Å². The second-order valence-corrected chi connectivity index (χ2v) is 9.64. The molecule has 2 N–H and O–H groups in total. The van der Waals surface area contributed by atoms with E-state index in [1.807, 2.05) is 19.2 Å². The van der Waals surface area contributed by atoms with Crippen molar-refractivity contribution in [2.45, 2.75) is 52.5 Å². The minimum atomic E-state index is -0.537. The predicted octanol–water partition coefficient (Wildman–Crippen LogP) is 3.22. The zero-order valence-electron chi connectivity index (χ0n) is 16.8. The number of likely N-dealkylation sites (tertiary alicyclic amines) is 1. The number of H-pyrrole nitrogens is 1. The molecule has 3 heterocycles. The minimum Gasteiger partial charge on any atom is -0.325 e. The Labute approximate surface area is 173 Å². The van der Waals surface area contributed by atoms with E-state index >= 15 is 0 Å². The lowest BCUT2D eigenvalue weighted by molar-refractivity contribution is 0.0910. The Morgan fingerprint density at radius 2 is 2.00 bits per heavy atom. The number of piperidine rings is 1. The molecule has 29 heavy (non-hydrogen) atoms. The van der Waals surface area contributed by atoms with Gasteiger partial charge in [0.25, 0.3) is 11.5 Å². The second kappa shape index (κ2) is 7.84. The molecule has 0 unspecified atom stereocenters. The van der Waals surface area contributed by atoms with Crippen molar-refractivity contribution >= 4 is 28.2 Å². The summed E-state index contributed by atoms with van der Waals surface area (Å²) in [6, 6.07) is 1.43. The third-order valence-corrected chi connectivity index (χ3v) is 6.38. The molecule has 2 aromatic rings. The Hall–Kier alpha value is -2.32. The van der Waals surface area contributed by atoms with Crippen molar-refractivity contribution in [2.24, 2.45) is 5.41 Å². The number of aromatic amines is 1. The third-order valence-electron chi connectivity index (χ3n) is 5.57. The standard InChI is InChI=1S/C21H26N4O3S/c1-21(2)9-16-14(17(26)10-21)8-15(18(27)23-16)19(28)24-20-22-13(12-29-20)11-25-6-4-3-5-7-25/h8,12H,3-7,9-11H2,1-2H3,(H,23,27)(H,22,24,28). The molecule has 0 bridgehead atoms. The van der Waals surface area contributed by atoms with Crippen LogP contribution in [0.5, 0.6) is 0 Å². The van der Waals surface area contributed by atoms with Gasteiger partial charge in [0, 0.05) is 29.6 Å². The third kappa shape index (κ3) is 4.48. The summed E-state index contributed by atoms with van der Waals surface area (Å²) in [5.41, 5.74) is 1.26. The lowest BCUT2D eigenvalue weighted by Gasteiger charge is -2.29. The minimum absolute atomic E-state index is 0.0420. The van der Waals surface area contributed by atoms with Crippen molar-refractivity contribution in [1.29, 1.82) is 0 Å². The molecule has 0 radical (unpaired) electrons. The Bertz CT molecular complexity index is 1000. The average molecular weight is 415 g/mol. The number of fused-ring (bicyclic) bond motifs is 1. The Balaban J connectivity index is 1.48. The predicted molar refractivity (Wildman–Crippen MR) is 113 cm³/mol. The maximum absolute atomic E-state index is 12.7. The second-order valence-electron chi connectivity index (χ2n) is 8.78.